The molecule has 0 saturated carbocycles. The third-order valence-electron chi connectivity index (χ3n) is 3.12. The summed E-state index contributed by atoms with van der Waals surface area (Å²) < 4.78 is 24.8. The lowest BCUT2D eigenvalue weighted by atomic mass is 10.1. The van der Waals surface area contributed by atoms with E-state index < -0.39 is 27.0 Å². The van der Waals surface area contributed by atoms with E-state index in [-0.39, 0.29) is 16.9 Å². The molecule has 0 spiro atoms. The zero-order valence-electron chi connectivity index (χ0n) is 11.5. The topological polar surface area (TPSA) is 115 Å². The van der Waals surface area contributed by atoms with Gasteiger partial charge in [-0.15, -0.1) is 0 Å². The normalized spacial score (nSPS) is 12.9. The summed E-state index contributed by atoms with van der Waals surface area (Å²) >= 11 is 0. The third kappa shape index (κ3) is 2.82. The van der Waals surface area contributed by atoms with Gasteiger partial charge in [0.05, 0.1) is 10.5 Å². The first-order valence-corrected chi connectivity index (χ1v) is 7.55. The molecular formula is C13H17NO5S. The van der Waals surface area contributed by atoms with Crippen LogP contribution in [0.2, 0.25) is 0 Å². The van der Waals surface area contributed by atoms with Crippen molar-refractivity contribution >= 4 is 21.7 Å². The van der Waals surface area contributed by atoms with Crippen LogP contribution in [0, 0.1) is 13.8 Å². The molecule has 0 radical (unpaired) electrons. The molecule has 0 fully saturated rings. The summed E-state index contributed by atoms with van der Waals surface area (Å²) in [5.41, 5.74) is 5.87. The van der Waals surface area contributed by atoms with E-state index in [1.807, 2.05) is 0 Å². The van der Waals surface area contributed by atoms with E-state index in [0.717, 1.165) is 6.07 Å². The van der Waals surface area contributed by atoms with Gasteiger partial charge in [-0.25, -0.2) is 13.2 Å². The standard InChI is InChI=1S/C13H17NO5S/c1-4-10(12(14)15)20(18,19)11-6-9(13(16)17)7(2)5-8(11)3/h5-6,10H,4H2,1-3H3,(H2,14,15)(H,16,17). The van der Waals surface area contributed by atoms with Gasteiger partial charge in [-0.3, -0.25) is 4.79 Å². The Morgan fingerprint density at radius 3 is 2.20 bits per heavy atom. The predicted octanol–water partition coefficient (Wildman–Crippen LogP) is 1.04. The fraction of sp³-hybridized carbons (Fsp3) is 0.385. The number of aromatic carboxylic acids is 1. The van der Waals surface area contributed by atoms with Crippen LogP contribution in [0.25, 0.3) is 0 Å². The Morgan fingerprint density at radius 2 is 1.80 bits per heavy atom. The number of benzene rings is 1. The number of carbonyl (C=O) groups excluding carboxylic acids is 1. The van der Waals surface area contributed by atoms with Crippen LogP contribution < -0.4 is 5.73 Å². The number of primary amides is 1. The Hall–Kier alpha value is -1.89. The first-order chi connectivity index (χ1) is 9.12. The largest absolute Gasteiger partial charge is 0.478 e. The van der Waals surface area contributed by atoms with Crippen LogP contribution in [0.5, 0.6) is 0 Å². The number of nitrogens with two attached hydrogens (primary N) is 1. The third-order valence-corrected chi connectivity index (χ3v) is 5.49. The van der Waals surface area contributed by atoms with E-state index in [1.54, 1.807) is 13.8 Å². The average molecular weight is 299 g/mol. The van der Waals surface area contributed by atoms with Crippen LogP contribution in [-0.2, 0) is 14.6 Å². The molecule has 1 unspecified atom stereocenters. The molecular weight excluding hydrogens is 282 g/mol. The molecule has 1 atom stereocenters. The number of sulfone groups is 1. The summed E-state index contributed by atoms with van der Waals surface area (Å²) in [6.45, 7) is 4.67. The number of aryl methyl sites for hydroxylation is 2. The minimum absolute atomic E-state index is 0.0351. The molecule has 0 heterocycles. The van der Waals surface area contributed by atoms with Crippen LogP contribution >= 0.6 is 0 Å². The first kappa shape index (κ1) is 16.2. The zero-order chi connectivity index (χ0) is 15.7. The summed E-state index contributed by atoms with van der Waals surface area (Å²) in [6, 6.07) is 2.57. The molecule has 1 aromatic carbocycles. The highest BCUT2D eigenvalue weighted by molar-refractivity contribution is 7.92. The van der Waals surface area contributed by atoms with E-state index in [2.05, 4.69) is 0 Å². The number of rotatable bonds is 5. The van der Waals surface area contributed by atoms with Gasteiger partial charge in [-0.05, 0) is 37.5 Å². The van der Waals surface area contributed by atoms with E-state index in [0.29, 0.717) is 11.1 Å². The van der Waals surface area contributed by atoms with Gasteiger partial charge in [-0.2, -0.15) is 0 Å². The Balaban J connectivity index is 3.57. The molecule has 7 heteroatoms. The second-order valence-electron chi connectivity index (χ2n) is 4.58. The SMILES string of the molecule is CCC(C(N)=O)S(=O)(=O)c1cc(C(=O)O)c(C)cc1C. The number of carboxylic acids is 1. The molecule has 1 aromatic rings. The lowest BCUT2D eigenvalue weighted by Gasteiger charge is -2.15. The lowest BCUT2D eigenvalue weighted by Crippen LogP contribution is -2.35. The van der Waals surface area contributed by atoms with Gasteiger partial charge in [0, 0.05) is 0 Å². The number of carboxylic acid groups (broad SMARTS) is 1. The number of amides is 1. The smallest absolute Gasteiger partial charge is 0.335 e. The van der Waals surface area contributed by atoms with Crippen molar-refractivity contribution in [2.75, 3.05) is 0 Å². The van der Waals surface area contributed by atoms with Gasteiger partial charge in [0.2, 0.25) is 5.91 Å². The van der Waals surface area contributed by atoms with Crippen LogP contribution in [0.1, 0.15) is 34.8 Å². The van der Waals surface area contributed by atoms with Gasteiger partial charge in [0.25, 0.3) is 0 Å². The minimum Gasteiger partial charge on any atom is -0.478 e. The lowest BCUT2D eigenvalue weighted by molar-refractivity contribution is -0.117. The van der Waals surface area contributed by atoms with Gasteiger partial charge < -0.3 is 10.8 Å². The summed E-state index contributed by atoms with van der Waals surface area (Å²) in [5, 5.41) is 7.71. The van der Waals surface area contributed by atoms with Crippen molar-refractivity contribution in [2.45, 2.75) is 37.3 Å². The molecule has 1 rings (SSSR count). The minimum atomic E-state index is -3.99. The van der Waals surface area contributed by atoms with E-state index >= 15 is 0 Å². The molecule has 1 amide bonds. The van der Waals surface area contributed by atoms with Gasteiger partial charge in [0.1, 0.15) is 5.25 Å². The Labute approximate surface area is 117 Å². The number of hydrogen-bond donors (Lipinski definition) is 2. The van der Waals surface area contributed by atoms with Crippen molar-refractivity contribution in [3.63, 3.8) is 0 Å². The fourth-order valence-electron chi connectivity index (χ4n) is 2.10. The molecule has 0 aromatic heterocycles. The Bertz CT molecular complexity index is 664. The van der Waals surface area contributed by atoms with Gasteiger partial charge in [-0.1, -0.05) is 13.0 Å². The molecule has 0 saturated heterocycles. The highest BCUT2D eigenvalue weighted by Crippen LogP contribution is 2.25. The molecule has 3 N–H and O–H groups in total. The quantitative estimate of drug-likeness (QED) is 0.843. The first-order valence-electron chi connectivity index (χ1n) is 6.00. The average Bonchev–Trinajstić information content (AvgIpc) is 2.27. The highest BCUT2D eigenvalue weighted by Gasteiger charge is 2.32. The summed E-state index contributed by atoms with van der Waals surface area (Å²) in [4.78, 5) is 22.2. The van der Waals surface area contributed by atoms with E-state index in [9.17, 15) is 18.0 Å². The Kier molecular flexibility index (Phi) is 4.54. The van der Waals surface area contributed by atoms with Crippen LogP contribution in [0.15, 0.2) is 17.0 Å². The van der Waals surface area contributed by atoms with Crippen LogP contribution in [-0.4, -0.2) is 30.7 Å². The molecule has 20 heavy (non-hydrogen) atoms. The maximum atomic E-state index is 12.4. The number of carbonyl (C=O) groups is 2. The molecule has 110 valence electrons. The molecule has 6 nitrogen and oxygen atoms in total. The van der Waals surface area contributed by atoms with Crippen molar-refractivity contribution in [1.82, 2.24) is 0 Å². The van der Waals surface area contributed by atoms with Crippen molar-refractivity contribution in [3.8, 4) is 0 Å². The second kappa shape index (κ2) is 5.62. The predicted molar refractivity (Wildman–Crippen MR) is 73.3 cm³/mol. The molecule has 0 aliphatic carbocycles. The molecule has 0 aliphatic heterocycles. The van der Waals surface area contributed by atoms with Crippen molar-refractivity contribution in [2.24, 2.45) is 5.73 Å². The van der Waals surface area contributed by atoms with Crippen molar-refractivity contribution in [1.29, 1.82) is 0 Å². The monoisotopic (exact) mass is 299 g/mol. The van der Waals surface area contributed by atoms with E-state index in [1.165, 1.54) is 13.0 Å². The van der Waals surface area contributed by atoms with E-state index in [4.69, 9.17) is 10.8 Å². The summed E-state index contributed by atoms with van der Waals surface area (Å²) in [5.74, 6) is -2.16. The van der Waals surface area contributed by atoms with Gasteiger partial charge in [0.15, 0.2) is 9.84 Å². The fourth-order valence-corrected chi connectivity index (χ4v) is 3.94. The van der Waals surface area contributed by atoms with Crippen LogP contribution in [0.4, 0.5) is 0 Å². The summed E-state index contributed by atoms with van der Waals surface area (Å²) in [6.07, 6.45) is 0.0351. The zero-order valence-corrected chi connectivity index (χ0v) is 12.3. The maximum absolute atomic E-state index is 12.4. The van der Waals surface area contributed by atoms with Crippen molar-refractivity contribution < 1.29 is 23.1 Å². The van der Waals surface area contributed by atoms with Crippen LogP contribution in [0.3, 0.4) is 0 Å². The second-order valence-corrected chi connectivity index (χ2v) is 6.68. The summed E-state index contributed by atoms with van der Waals surface area (Å²) in [7, 11) is -3.99. The molecule has 0 bridgehead atoms. The Morgan fingerprint density at radius 1 is 1.25 bits per heavy atom. The number of hydrogen-bond acceptors (Lipinski definition) is 4. The van der Waals surface area contributed by atoms with Gasteiger partial charge >= 0.3 is 5.97 Å². The maximum Gasteiger partial charge on any atom is 0.335 e. The molecule has 0 aliphatic rings. The van der Waals surface area contributed by atoms with Crippen molar-refractivity contribution in [3.05, 3.63) is 28.8 Å². The highest BCUT2D eigenvalue weighted by atomic mass is 32.2.